The van der Waals surface area contributed by atoms with Crippen LogP contribution < -0.4 is 10.6 Å². The highest BCUT2D eigenvalue weighted by Crippen LogP contribution is 2.24. The molecule has 2 N–H and O–H groups in total. The van der Waals surface area contributed by atoms with Gasteiger partial charge >= 0.3 is 6.03 Å². The van der Waals surface area contributed by atoms with Gasteiger partial charge in [0.15, 0.2) is 5.16 Å². The van der Waals surface area contributed by atoms with Crippen LogP contribution in [0.4, 0.5) is 4.79 Å². The van der Waals surface area contributed by atoms with Gasteiger partial charge in [-0.25, -0.2) is 9.78 Å². The van der Waals surface area contributed by atoms with E-state index in [2.05, 4.69) is 22.2 Å². The molecule has 2 rings (SSSR count). The molecule has 116 valence electrons. The molecule has 0 fully saturated rings. The summed E-state index contributed by atoms with van der Waals surface area (Å²) in [5, 5.41) is 5.99. The van der Waals surface area contributed by atoms with Crippen LogP contribution in [0.5, 0.6) is 0 Å². The van der Waals surface area contributed by atoms with Crippen LogP contribution >= 0.6 is 23.4 Å². The van der Waals surface area contributed by atoms with Crippen molar-refractivity contribution < 1.29 is 9.59 Å². The van der Waals surface area contributed by atoms with Gasteiger partial charge in [0, 0.05) is 18.6 Å². The number of carbonyl (C=O) groups is 2. The summed E-state index contributed by atoms with van der Waals surface area (Å²) in [7, 11) is 1.86. The van der Waals surface area contributed by atoms with E-state index in [1.807, 2.05) is 17.7 Å². The zero-order chi connectivity index (χ0) is 16.1. The zero-order valence-electron chi connectivity index (χ0n) is 11.9. The summed E-state index contributed by atoms with van der Waals surface area (Å²) in [6.45, 7) is 3.78. The van der Waals surface area contributed by atoms with Crippen molar-refractivity contribution in [2.24, 2.45) is 7.05 Å². The number of hydrogen-bond donors (Lipinski definition) is 2. The molecular formula is C14H15ClN4O2S. The summed E-state index contributed by atoms with van der Waals surface area (Å²) in [5.74, 6) is -0.302. The van der Waals surface area contributed by atoms with Crippen molar-refractivity contribution in [1.29, 1.82) is 0 Å². The summed E-state index contributed by atoms with van der Waals surface area (Å²) >= 11 is 7.18. The number of aryl methyl sites for hydroxylation is 1. The second-order valence-electron chi connectivity index (χ2n) is 4.42. The molecule has 0 aliphatic heterocycles. The molecule has 0 aliphatic carbocycles. The quantitative estimate of drug-likeness (QED) is 0.648. The minimum atomic E-state index is -0.540. The van der Waals surface area contributed by atoms with Crippen LogP contribution in [0.3, 0.4) is 0 Å². The number of halogens is 1. The molecular weight excluding hydrogens is 324 g/mol. The summed E-state index contributed by atoms with van der Waals surface area (Å²) in [5.41, 5.74) is 1.69. The Kier molecular flexibility index (Phi) is 5.46. The zero-order valence-corrected chi connectivity index (χ0v) is 13.5. The van der Waals surface area contributed by atoms with Crippen molar-refractivity contribution >= 4 is 46.3 Å². The van der Waals surface area contributed by atoms with Crippen LogP contribution in [0.15, 0.2) is 36.0 Å². The Balaban J connectivity index is 1.97. The van der Waals surface area contributed by atoms with E-state index in [0.29, 0.717) is 16.7 Å². The van der Waals surface area contributed by atoms with E-state index in [9.17, 15) is 9.59 Å². The molecule has 1 aromatic heterocycles. The Morgan fingerprint density at radius 1 is 1.50 bits per heavy atom. The number of benzene rings is 1. The molecule has 0 atom stereocenters. The van der Waals surface area contributed by atoms with Crippen LogP contribution in [0, 0.1) is 0 Å². The molecule has 2 aromatic rings. The second kappa shape index (κ2) is 7.33. The number of carbonyl (C=O) groups excluding carboxylic acids is 2. The van der Waals surface area contributed by atoms with Gasteiger partial charge in [-0.2, -0.15) is 0 Å². The fourth-order valence-electron chi connectivity index (χ4n) is 1.78. The topological polar surface area (TPSA) is 76.0 Å². The van der Waals surface area contributed by atoms with Gasteiger partial charge in [0.25, 0.3) is 0 Å². The SMILES string of the molecule is C=CCNC(=O)NC(=O)CSc1nc2cc(Cl)ccc2n1C. The molecule has 8 heteroatoms. The predicted octanol–water partition coefficient (Wildman–Crippen LogP) is 2.33. The van der Waals surface area contributed by atoms with E-state index in [1.54, 1.807) is 12.1 Å². The van der Waals surface area contributed by atoms with Crippen molar-refractivity contribution in [2.75, 3.05) is 12.3 Å². The van der Waals surface area contributed by atoms with E-state index >= 15 is 0 Å². The number of imidazole rings is 1. The summed E-state index contributed by atoms with van der Waals surface area (Å²) in [6, 6.07) is 4.89. The maximum atomic E-state index is 11.7. The number of rotatable bonds is 5. The number of imide groups is 1. The molecule has 22 heavy (non-hydrogen) atoms. The Morgan fingerprint density at radius 3 is 3.00 bits per heavy atom. The third-order valence-corrected chi connectivity index (χ3v) is 4.06. The van der Waals surface area contributed by atoms with Crippen molar-refractivity contribution in [1.82, 2.24) is 20.2 Å². The van der Waals surface area contributed by atoms with Crippen molar-refractivity contribution in [3.05, 3.63) is 35.9 Å². The van der Waals surface area contributed by atoms with Gasteiger partial charge < -0.3 is 9.88 Å². The summed E-state index contributed by atoms with van der Waals surface area (Å²) in [6.07, 6.45) is 1.53. The smallest absolute Gasteiger partial charge is 0.321 e. The minimum absolute atomic E-state index is 0.0897. The normalized spacial score (nSPS) is 10.5. The number of amides is 3. The number of fused-ring (bicyclic) bond motifs is 1. The van der Waals surface area contributed by atoms with E-state index in [0.717, 1.165) is 11.0 Å². The molecule has 0 saturated carbocycles. The maximum Gasteiger partial charge on any atom is 0.321 e. The Bertz CT molecular complexity index is 729. The fourth-order valence-corrected chi connectivity index (χ4v) is 2.74. The first kappa shape index (κ1) is 16.4. The minimum Gasteiger partial charge on any atom is -0.334 e. The molecule has 1 aromatic carbocycles. The largest absolute Gasteiger partial charge is 0.334 e. The van der Waals surface area contributed by atoms with Gasteiger partial charge in [0.1, 0.15) is 0 Å². The van der Waals surface area contributed by atoms with Crippen LogP contribution in [0.2, 0.25) is 5.02 Å². The van der Waals surface area contributed by atoms with Gasteiger partial charge in [-0.05, 0) is 18.2 Å². The van der Waals surface area contributed by atoms with E-state index in [1.165, 1.54) is 17.8 Å². The number of aromatic nitrogens is 2. The third kappa shape index (κ3) is 4.02. The molecule has 1 heterocycles. The van der Waals surface area contributed by atoms with Gasteiger partial charge in [-0.1, -0.05) is 29.4 Å². The first-order chi connectivity index (χ1) is 10.5. The van der Waals surface area contributed by atoms with E-state index in [-0.39, 0.29) is 5.75 Å². The lowest BCUT2D eigenvalue weighted by atomic mass is 10.3. The number of urea groups is 1. The first-order valence-electron chi connectivity index (χ1n) is 6.44. The van der Waals surface area contributed by atoms with Crippen LogP contribution in [-0.2, 0) is 11.8 Å². The maximum absolute atomic E-state index is 11.7. The Hall–Kier alpha value is -1.99. The molecule has 3 amide bonds. The average Bonchev–Trinajstić information content (AvgIpc) is 2.78. The number of nitrogens with one attached hydrogen (secondary N) is 2. The summed E-state index contributed by atoms with van der Waals surface area (Å²) < 4.78 is 1.88. The molecule has 0 saturated heterocycles. The molecule has 0 bridgehead atoms. The fraction of sp³-hybridized carbons (Fsp3) is 0.214. The number of hydrogen-bond acceptors (Lipinski definition) is 4. The highest BCUT2D eigenvalue weighted by molar-refractivity contribution is 7.99. The highest BCUT2D eigenvalue weighted by atomic mass is 35.5. The monoisotopic (exact) mass is 338 g/mol. The average molecular weight is 339 g/mol. The van der Waals surface area contributed by atoms with Crippen molar-refractivity contribution in [3.63, 3.8) is 0 Å². The lowest BCUT2D eigenvalue weighted by Crippen LogP contribution is -2.40. The molecule has 0 radical (unpaired) electrons. The van der Waals surface area contributed by atoms with Gasteiger partial charge in [-0.3, -0.25) is 10.1 Å². The van der Waals surface area contributed by atoms with Gasteiger partial charge in [0.05, 0.1) is 16.8 Å². The third-order valence-electron chi connectivity index (χ3n) is 2.79. The van der Waals surface area contributed by atoms with Crippen molar-refractivity contribution in [2.45, 2.75) is 5.16 Å². The summed E-state index contributed by atoms with van der Waals surface area (Å²) in [4.78, 5) is 27.4. The molecule has 0 unspecified atom stereocenters. The molecule has 0 spiro atoms. The van der Waals surface area contributed by atoms with Gasteiger partial charge in [0.2, 0.25) is 5.91 Å². The Labute approximate surface area is 136 Å². The molecule has 0 aliphatic rings. The molecule has 6 nitrogen and oxygen atoms in total. The number of nitrogens with zero attached hydrogens (tertiary/aromatic N) is 2. The van der Waals surface area contributed by atoms with E-state index in [4.69, 9.17) is 11.6 Å². The van der Waals surface area contributed by atoms with Crippen molar-refractivity contribution in [3.8, 4) is 0 Å². The highest BCUT2D eigenvalue weighted by Gasteiger charge is 2.12. The standard InChI is InChI=1S/C14H15ClN4O2S/c1-3-6-16-13(21)18-12(20)8-22-14-17-10-7-9(15)4-5-11(10)19(14)2/h3-5,7H,1,6,8H2,2H3,(H2,16,18,20,21). The Morgan fingerprint density at radius 2 is 2.27 bits per heavy atom. The predicted molar refractivity (Wildman–Crippen MR) is 88.2 cm³/mol. The first-order valence-corrected chi connectivity index (χ1v) is 7.81. The number of thioether (sulfide) groups is 1. The lowest BCUT2D eigenvalue weighted by Gasteiger charge is -2.04. The lowest BCUT2D eigenvalue weighted by molar-refractivity contribution is -0.117. The van der Waals surface area contributed by atoms with E-state index < -0.39 is 11.9 Å². The van der Waals surface area contributed by atoms with Crippen LogP contribution in [0.25, 0.3) is 11.0 Å². The van der Waals surface area contributed by atoms with Crippen LogP contribution in [0.1, 0.15) is 0 Å². The van der Waals surface area contributed by atoms with Crippen LogP contribution in [-0.4, -0.2) is 33.8 Å². The second-order valence-corrected chi connectivity index (χ2v) is 5.80. The van der Waals surface area contributed by atoms with Gasteiger partial charge in [-0.15, -0.1) is 6.58 Å².